The molecule has 4 N–H and O–H groups in total. The summed E-state index contributed by atoms with van der Waals surface area (Å²) >= 11 is 0. The first-order valence-electron chi connectivity index (χ1n) is 11.0. The molecule has 0 unspecified atom stereocenters. The minimum atomic E-state index is -1.03. The summed E-state index contributed by atoms with van der Waals surface area (Å²) in [6.45, 7) is 1.60. The molecule has 1 fully saturated rings. The van der Waals surface area contributed by atoms with Crippen LogP contribution in [0.5, 0.6) is 0 Å². The topological polar surface area (TPSA) is 185 Å². The number of carboxylic acids is 3. The molecule has 0 aliphatic carbocycles. The molecular formula is C19H31FN8O7. The highest BCUT2D eigenvalue weighted by molar-refractivity contribution is 5.78. The Kier molecular flexibility index (Phi) is 11.4. The van der Waals surface area contributed by atoms with Crippen LogP contribution in [0.1, 0.15) is 5.69 Å². The Balaban J connectivity index is 2.06. The van der Waals surface area contributed by atoms with E-state index in [9.17, 15) is 39.0 Å². The first-order chi connectivity index (χ1) is 16.6. The van der Waals surface area contributed by atoms with Gasteiger partial charge in [0.25, 0.3) is 0 Å². The number of carboxylic acid groups (broad SMARTS) is 3. The van der Waals surface area contributed by atoms with E-state index in [-0.39, 0.29) is 75.4 Å². The van der Waals surface area contributed by atoms with Crippen molar-refractivity contribution >= 4 is 23.8 Å². The number of amides is 1. The molecule has 16 heteroatoms. The summed E-state index contributed by atoms with van der Waals surface area (Å²) in [6, 6.07) is 0. The Bertz CT molecular complexity index is 838. The number of aromatic nitrogens is 3. The Hall–Kier alpha value is -3.21. The molecule has 196 valence electrons. The van der Waals surface area contributed by atoms with Crippen molar-refractivity contribution in [3.05, 3.63) is 11.9 Å². The van der Waals surface area contributed by atoms with Gasteiger partial charge in [0.15, 0.2) is 0 Å². The summed E-state index contributed by atoms with van der Waals surface area (Å²) < 4.78 is 12.9. The lowest BCUT2D eigenvalue weighted by Crippen LogP contribution is -2.49. The lowest BCUT2D eigenvalue weighted by Gasteiger charge is -2.32. The average molecular weight is 503 g/mol. The van der Waals surface area contributed by atoms with Crippen LogP contribution in [0.15, 0.2) is 6.20 Å². The van der Waals surface area contributed by atoms with Crippen LogP contribution < -0.4 is 5.32 Å². The Labute approximate surface area is 200 Å². The molecule has 0 spiro atoms. The predicted molar refractivity (Wildman–Crippen MR) is 117 cm³/mol. The van der Waals surface area contributed by atoms with Crippen molar-refractivity contribution < 1.29 is 39.0 Å². The molecule has 1 aliphatic rings. The predicted octanol–water partition coefficient (Wildman–Crippen LogP) is -2.90. The normalized spacial score (nSPS) is 17.9. The maximum absolute atomic E-state index is 12.9. The summed E-state index contributed by atoms with van der Waals surface area (Å²) in [5, 5.41) is 37.0. The number of carbonyl (C=O) groups excluding carboxylic acids is 1. The summed E-state index contributed by atoms with van der Waals surface area (Å²) in [6.07, 6.45) is 1.03. The molecule has 0 radical (unpaired) electrons. The second-order valence-corrected chi connectivity index (χ2v) is 8.16. The first-order valence-corrected chi connectivity index (χ1v) is 11.0. The fourth-order valence-corrected chi connectivity index (χ4v) is 3.59. The van der Waals surface area contributed by atoms with E-state index in [1.165, 1.54) is 0 Å². The van der Waals surface area contributed by atoms with Crippen molar-refractivity contribution in [2.75, 3.05) is 78.5 Å². The molecule has 2 heterocycles. The third-order valence-corrected chi connectivity index (χ3v) is 5.35. The molecule has 0 bridgehead atoms. The number of nitrogens with zero attached hydrogens (tertiary/aromatic N) is 7. The van der Waals surface area contributed by atoms with E-state index in [4.69, 9.17) is 0 Å². The summed E-state index contributed by atoms with van der Waals surface area (Å²) in [4.78, 5) is 53.1. The number of nitrogens with one attached hydrogen (secondary N) is 1. The molecule has 15 nitrogen and oxygen atoms in total. The number of hydrogen-bond donors (Lipinski definition) is 4. The van der Waals surface area contributed by atoms with E-state index >= 15 is 0 Å². The second kappa shape index (κ2) is 14.2. The molecule has 1 aromatic heterocycles. The maximum atomic E-state index is 12.9. The third kappa shape index (κ3) is 11.7. The monoisotopic (exact) mass is 502 g/mol. The molecule has 35 heavy (non-hydrogen) atoms. The van der Waals surface area contributed by atoms with Gasteiger partial charge in [0.2, 0.25) is 5.91 Å². The fraction of sp³-hybridized carbons (Fsp3) is 0.684. The fourth-order valence-electron chi connectivity index (χ4n) is 3.59. The number of carbonyl (C=O) groups is 4. The van der Waals surface area contributed by atoms with Gasteiger partial charge in [-0.05, 0) is 5.21 Å². The van der Waals surface area contributed by atoms with Gasteiger partial charge >= 0.3 is 17.9 Å². The van der Waals surface area contributed by atoms with Crippen molar-refractivity contribution in [2.24, 2.45) is 0 Å². The number of rotatable bonds is 10. The largest absolute Gasteiger partial charge is 0.480 e. The van der Waals surface area contributed by atoms with Gasteiger partial charge in [-0.1, -0.05) is 9.39 Å². The molecule has 1 saturated heterocycles. The standard InChI is InChI=1S/C19H31FN8O7/c20-28-10-15(22-23-28)9-21-16(29)11-24-1-3-25(12-17(30)31)5-7-27(14-19(34)35)8-6-26(4-2-24)13-18(32)33/h10H,1-9,11-14H2,(H,21,29)(H,30,31)(H,32,33)(H,34,35). The third-order valence-electron chi connectivity index (χ3n) is 5.35. The number of aliphatic carboxylic acids is 3. The highest BCUT2D eigenvalue weighted by atomic mass is 19.2. The van der Waals surface area contributed by atoms with Gasteiger partial charge in [0.1, 0.15) is 5.69 Å². The summed E-state index contributed by atoms with van der Waals surface area (Å²) in [7, 11) is 0. The zero-order valence-corrected chi connectivity index (χ0v) is 19.3. The smallest absolute Gasteiger partial charge is 0.317 e. The van der Waals surface area contributed by atoms with Crippen LogP contribution in [0.3, 0.4) is 0 Å². The van der Waals surface area contributed by atoms with Crippen molar-refractivity contribution in [3.8, 4) is 0 Å². The molecule has 1 amide bonds. The van der Waals surface area contributed by atoms with Crippen LogP contribution in [-0.4, -0.2) is 152 Å². The van der Waals surface area contributed by atoms with Crippen molar-refractivity contribution in [1.29, 1.82) is 0 Å². The molecule has 1 aliphatic heterocycles. The van der Waals surface area contributed by atoms with Gasteiger partial charge in [-0.3, -0.25) is 38.8 Å². The molecule has 2 rings (SSSR count). The Morgan fingerprint density at radius 1 is 0.743 bits per heavy atom. The SMILES string of the molecule is O=C(O)CN1CCN(CC(=O)O)CCN(CC(=O)NCc2cn(F)nn2)CCN(CC(=O)O)CC1. The van der Waals surface area contributed by atoms with Crippen molar-refractivity contribution in [1.82, 2.24) is 40.1 Å². The van der Waals surface area contributed by atoms with Crippen LogP contribution in [-0.2, 0) is 25.7 Å². The van der Waals surface area contributed by atoms with Crippen LogP contribution in [0.25, 0.3) is 0 Å². The van der Waals surface area contributed by atoms with E-state index in [1.807, 2.05) is 0 Å². The number of hydrogen-bond acceptors (Lipinski definition) is 10. The van der Waals surface area contributed by atoms with Gasteiger partial charge in [0, 0.05) is 52.4 Å². The molecule has 0 aromatic carbocycles. The van der Waals surface area contributed by atoms with Crippen LogP contribution in [0.2, 0.25) is 0 Å². The first kappa shape index (κ1) is 28.0. The second-order valence-electron chi connectivity index (χ2n) is 8.16. The van der Waals surface area contributed by atoms with E-state index < -0.39 is 17.9 Å². The molecule has 0 saturated carbocycles. The van der Waals surface area contributed by atoms with Crippen LogP contribution >= 0.6 is 0 Å². The van der Waals surface area contributed by atoms with Crippen LogP contribution in [0, 0.1) is 0 Å². The maximum Gasteiger partial charge on any atom is 0.317 e. The highest BCUT2D eigenvalue weighted by Crippen LogP contribution is 2.02. The van der Waals surface area contributed by atoms with Gasteiger partial charge in [-0.15, -0.1) is 5.10 Å². The highest BCUT2D eigenvalue weighted by Gasteiger charge is 2.21. The molecule has 0 atom stereocenters. The van der Waals surface area contributed by atoms with Gasteiger partial charge < -0.3 is 20.6 Å². The summed E-state index contributed by atoms with van der Waals surface area (Å²) in [5.74, 6) is -3.45. The summed E-state index contributed by atoms with van der Waals surface area (Å²) in [5.41, 5.74) is 0.237. The van der Waals surface area contributed by atoms with Crippen molar-refractivity contribution in [2.45, 2.75) is 6.54 Å². The zero-order chi connectivity index (χ0) is 25.8. The van der Waals surface area contributed by atoms with E-state index in [0.717, 1.165) is 6.20 Å². The Morgan fingerprint density at radius 2 is 1.11 bits per heavy atom. The quantitative estimate of drug-likeness (QED) is 0.256. The van der Waals surface area contributed by atoms with Gasteiger partial charge in [-0.2, -0.15) is 0 Å². The molecular weight excluding hydrogens is 471 g/mol. The van der Waals surface area contributed by atoms with Gasteiger partial charge in [0.05, 0.1) is 38.9 Å². The Morgan fingerprint density at radius 3 is 1.43 bits per heavy atom. The van der Waals surface area contributed by atoms with E-state index in [1.54, 1.807) is 19.6 Å². The molecule has 1 aromatic rings. The lowest BCUT2D eigenvalue weighted by molar-refractivity contribution is -0.140. The average Bonchev–Trinajstić information content (AvgIpc) is 3.18. The van der Waals surface area contributed by atoms with Crippen molar-refractivity contribution in [3.63, 3.8) is 0 Å². The number of halogens is 1. The zero-order valence-electron chi connectivity index (χ0n) is 19.3. The van der Waals surface area contributed by atoms with E-state index in [2.05, 4.69) is 15.6 Å². The minimum Gasteiger partial charge on any atom is -0.480 e. The van der Waals surface area contributed by atoms with E-state index in [0.29, 0.717) is 26.2 Å². The van der Waals surface area contributed by atoms with Gasteiger partial charge in [-0.25, -0.2) is 0 Å². The van der Waals surface area contributed by atoms with Crippen LogP contribution in [0.4, 0.5) is 4.48 Å². The lowest BCUT2D eigenvalue weighted by atomic mass is 10.3. The minimum absolute atomic E-state index is 0.0215.